The lowest BCUT2D eigenvalue weighted by Gasteiger charge is -2.46. The number of ketones is 3. The van der Waals surface area contributed by atoms with E-state index in [0.717, 1.165) is 16.9 Å². The lowest BCUT2D eigenvalue weighted by Crippen LogP contribution is -2.63. The van der Waals surface area contributed by atoms with Gasteiger partial charge in [0.15, 0.2) is 22.8 Å². The summed E-state index contributed by atoms with van der Waals surface area (Å²) in [6.45, 7) is 20.3. The Bertz CT molecular complexity index is 4320. The number of fused-ring (bicyclic) bond motifs is 5. The number of amides is 2. The number of nitrogens with one attached hydrogen (secondary N) is 1. The third kappa shape index (κ3) is 30.7. The van der Waals surface area contributed by atoms with Gasteiger partial charge in [0.2, 0.25) is 11.7 Å². The highest BCUT2D eigenvalue weighted by atomic mass is 16.7. The number of nitrogens with zero attached hydrogens (tertiary/aromatic N) is 9. The van der Waals surface area contributed by atoms with E-state index < -0.39 is 83.4 Å². The first-order chi connectivity index (χ1) is 60.2. The fourth-order valence-electron chi connectivity index (χ4n) is 16.2. The molecular formula is C89H134N12O24. The minimum absolute atomic E-state index is 0.00883. The maximum Gasteiger partial charge on any atom is 0.329 e. The third-order valence-electron chi connectivity index (χ3n) is 23.4. The number of nitrogens with two attached hydrogens (primary N) is 2. The molecule has 4 aliphatic rings. The number of aryl methyl sites for hydroxylation is 1. The highest BCUT2D eigenvalue weighted by Crippen LogP contribution is 2.43. The van der Waals surface area contributed by atoms with Gasteiger partial charge in [-0.05, 0) is 132 Å². The van der Waals surface area contributed by atoms with Gasteiger partial charge in [0.1, 0.15) is 59.2 Å². The van der Waals surface area contributed by atoms with Crippen LogP contribution in [0.4, 0.5) is 11.8 Å². The molecule has 2 saturated heterocycles. The number of hydrogen-bond donors (Lipinski definition) is 6. The summed E-state index contributed by atoms with van der Waals surface area (Å²) in [4.78, 5) is 98.8. The Morgan fingerprint density at radius 3 is 2.12 bits per heavy atom. The second kappa shape index (κ2) is 51.6. The fraction of sp³-hybridized carbons (Fsp3) is 0.685. The first kappa shape index (κ1) is 100. The average Bonchev–Trinajstić information content (AvgIpc) is 1.73. The molecule has 5 aromatic rings. The number of nitrogen functional groups attached to an aromatic ring is 2. The predicted molar refractivity (Wildman–Crippen MR) is 459 cm³/mol. The number of esters is 1. The lowest BCUT2D eigenvalue weighted by molar-refractivity contribution is -0.360. The molecule has 1 saturated carbocycles. The summed E-state index contributed by atoms with van der Waals surface area (Å²) in [6, 6.07) is 4.29. The van der Waals surface area contributed by atoms with E-state index in [9.17, 15) is 44.1 Å². The zero-order chi connectivity index (χ0) is 89.8. The summed E-state index contributed by atoms with van der Waals surface area (Å²) in [7, 11) is 4.47. The third-order valence-corrected chi connectivity index (χ3v) is 23.4. The number of benzene rings is 1. The molecule has 9 rings (SSSR count). The largest absolute Gasteiger partial charge is 0.460 e. The van der Waals surface area contributed by atoms with E-state index in [2.05, 4.69) is 30.6 Å². The van der Waals surface area contributed by atoms with Crippen molar-refractivity contribution in [1.82, 2.24) is 49.9 Å². The number of allylic oxidation sites excluding steroid dienone is 6. The monoisotopic (exact) mass is 1750 g/mol. The van der Waals surface area contributed by atoms with E-state index in [1.165, 1.54) is 20.5 Å². The van der Waals surface area contributed by atoms with Crippen LogP contribution in [0.1, 0.15) is 150 Å². The molecule has 3 aliphatic heterocycles. The minimum Gasteiger partial charge on any atom is -0.460 e. The van der Waals surface area contributed by atoms with Crippen LogP contribution in [-0.4, -0.2) is 289 Å². The van der Waals surface area contributed by atoms with E-state index in [-0.39, 0.29) is 99.4 Å². The van der Waals surface area contributed by atoms with E-state index in [0.29, 0.717) is 227 Å². The van der Waals surface area contributed by atoms with Crippen molar-refractivity contribution in [2.75, 3.05) is 152 Å². The summed E-state index contributed by atoms with van der Waals surface area (Å²) in [6.07, 6.45) is 14.7. The number of anilines is 2. The smallest absolute Gasteiger partial charge is 0.329 e. The van der Waals surface area contributed by atoms with Gasteiger partial charge in [0.25, 0.3) is 17.7 Å². The predicted octanol–water partition coefficient (Wildman–Crippen LogP) is 7.55. The number of unbranched alkanes of at least 4 members (excludes halogenated alkanes) is 1. The molecule has 2 bridgehead atoms. The van der Waals surface area contributed by atoms with Crippen molar-refractivity contribution in [3.05, 3.63) is 84.0 Å². The van der Waals surface area contributed by atoms with Crippen LogP contribution in [0.5, 0.6) is 0 Å². The first-order valence-electron chi connectivity index (χ1n) is 44.0. The molecule has 7 heterocycles. The van der Waals surface area contributed by atoms with Crippen LogP contribution in [0.2, 0.25) is 0 Å². The van der Waals surface area contributed by atoms with E-state index >= 15 is 0 Å². The number of oxazole rings is 1. The van der Waals surface area contributed by atoms with Crippen molar-refractivity contribution in [2.45, 2.75) is 219 Å². The molecule has 36 heteroatoms. The quantitative estimate of drug-likeness (QED) is 0.00950. The van der Waals surface area contributed by atoms with Crippen LogP contribution in [0.25, 0.3) is 33.4 Å². The molecule has 36 nitrogen and oxygen atoms in total. The van der Waals surface area contributed by atoms with Crippen LogP contribution >= 0.6 is 0 Å². The summed E-state index contributed by atoms with van der Waals surface area (Å²) in [5, 5.41) is 52.6. The van der Waals surface area contributed by atoms with Crippen LogP contribution in [0, 0.1) is 35.5 Å². The number of rotatable bonds is 42. The van der Waals surface area contributed by atoms with Crippen molar-refractivity contribution < 1.29 is 115 Å². The van der Waals surface area contributed by atoms with Crippen LogP contribution in [-0.2, 0) is 115 Å². The molecule has 8 N–H and O–H groups in total. The number of aliphatic hydroxyl groups excluding tert-OH is 1. The van der Waals surface area contributed by atoms with Gasteiger partial charge in [-0.2, -0.15) is 10.1 Å². The molecular weight excluding hydrogens is 1620 g/mol. The molecule has 3 fully saturated rings. The number of carbonyl (C=O) groups excluding carboxylic acids is 6. The second-order valence-corrected chi connectivity index (χ2v) is 33.1. The number of hydrogen-bond acceptors (Lipinski definition) is 32. The number of aliphatic hydroxyl groups is 3. The van der Waals surface area contributed by atoms with Gasteiger partial charge < -0.3 is 108 Å². The Morgan fingerprint density at radius 1 is 0.744 bits per heavy atom. The van der Waals surface area contributed by atoms with Crippen molar-refractivity contribution in [3.8, 4) is 11.3 Å². The minimum atomic E-state index is -2.76. The number of cyclic esters (lactones) is 1. The van der Waals surface area contributed by atoms with E-state index in [1.54, 1.807) is 81.6 Å². The maximum atomic E-state index is 14.8. The van der Waals surface area contributed by atoms with Gasteiger partial charge in [-0.3, -0.25) is 24.0 Å². The van der Waals surface area contributed by atoms with E-state index in [1.807, 2.05) is 44.2 Å². The van der Waals surface area contributed by atoms with Gasteiger partial charge in [-0.25, -0.2) is 24.1 Å². The van der Waals surface area contributed by atoms with Gasteiger partial charge in [0.05, 0.1) is 149 Å². The van der Waals surface area contributed by atoms with Crippen molar-refractivity contribution in [2.24, 2.45) is 35.5 Å². The highest BCUT2D eigenvalue weighted by molar-refractivity contribution is 6.39. The molecule has 1 aliphatic carbocycles. The molecule has 15 atom stereocenters. The van der Waals surface area contributed by atoms with Crippen molar-refractivity contribution in [1.29, 1.82) is 0 Å². The molecule has 2 amide bonds. The van der Waals surface area contributed by atoms with Gasteiger partial charge >= 0.3 is 5.97 Å². The Kier molecular flexibility index (Phi) is 41.5. The highest BCUT2D eigenvalue weighted by Gasteiger charge is 2.57. The number of aromatic nitrogens is 8. The first-order valence-corrected chi connectivity index (χ1v) is 44.0. The molecule has 0 radical (unpaired) electrons. The van der Waals surface area contributed by atoms with E-state index in [4.69, 9.17) is 87.3 Å². The zero-order valence-electron chi connectivity index (χ0n) is 74.4. The van der Waals surface area contributed by atoms with Crippen LogP contribution < -0.4 is 16.8 Å². The zero-order valence-corrected chi connectivity index (χ0v) is 74.4. The van der Waals surface area contributed by atoms with Gasteiger partial charge in [-0.15, -0.1) is 5.10 Å². The molecule has 125 heavy (non-hydrogen) atoms. The molecule has 0 spiro atoms. The number of Topliss-reactive ketones (excluding diaryl/α,β-unsaturated/α-hetero) is 3. The molecule has 0 unspecified atom stereocenters. The van der Waals surface area contributed by atoms with Crippen LogP contribution in [0.15, 0.2) is 82.7 Å². The number of methoxy groups -OCH3 is 3. The lowest BCUT2D eigenvalue weighted by atomic mass is 9.78. The Morgan fingerprint density at radius 2 is 1.43 bits per heavy atom. The maximum absolute atomic E-state index is 14.8. The Hall–Kier alpha value is -8.28. The molecule has 4 aromatic heterocycles. The van der Waals surface area contributed by atoms with Gasteiger partial charge in [-0.1, -0.05) is 76.3 Å². The summed E-state index contributed by atoms with van der Waals surface area (Å²) in [5.41, 5.74) is 16.9. The number of piperidine rings is 1. The summed E-state index contributed by atoms with van der Waals surface area (Å²) >= 11 is 0. The normalized spacial score (nSPS) is 26.7. The second-order valence-electron chi connectivity index (χ2n) is 33.1. The summed E-state index contributed by atoms with van der Waals surface area (Å²) in [5.74, 6) is -11.1. The van der Waals surface area contributed by atoms with Crippen LogP contribution in [0.3, 0.4) is 0 Å². The topological polar surface area (TPSA) is 460 Å². The standard InChI is InChI=1S/C89H134N12O24/c1-58-18-12-11-13-19-59(2)75(112-9)54-88(109)27-26-64(7)89(110,125-88)82(106)85(107)100-29-16-14-20-69(100)86(108)123-73(53-70(102)60(3)49-63(6)80(105)81(113-10)79(104)62(5)48-58)61(4)50-65-22-24-72(74(51-65)111-8)122-47-46-121-56-67-55-99(98-96-67)31-33-115-35-37-117-39-41-119-43-45-120-44-42-118-40-38-116-36-34-114-32-28-92-76(103)21-15-17-30-101-84-77(83(90)93-57-94-84)78(97-101)66-23-25-71-68(52-66)95-87(91)124-71/h11-13,18-19,23,25,49,52,55,57-58,60-62,64-65,69,72-75,80-81,105,109-110H,14-17,20-22,24,26-48,50-51,53-54,56H2,1-10H3,(H2,91,95)(H,92,103)(H2,90,93,94)/b13-11?,18-12+,59-19?,63-49+/t58-,60-,61-,62-,64-,65+,69+,72-,73+,74-,75+,80-,81+,88+,89-/m1/s1. The fourth-order valence-corrected chi connectivity index (χ4v) is 16.2. The molecule has 694 valence electrons. The SMILES string of the molecule is CO[C@H]1C[C@]2(O)CC[C@@H](C)[C@@](O)(O2)C(=O)C(=O)N2CCCC[C@H]2C(=O)O[C@H]([C@H](C)C[C@@H]2CC[C@@H](OCCOCc3cn(CCOCCOCCOCCOCCOCCOCCOCCNC(=O)CCCCn4nc(-c5ccc6oc(N)nc6c5)c5c(N)ncnc54)nn3)[C@H](OC)C2)CC(=O)[C@H](C)/C=C(\C)[C@@H](O)[C@@H](OC)C(=O)[C@H](C)C[C@H](C)/C=C/C=CC=C1C. The van der Waals surface area contributed by atoms with Crippen molar-refractivity contribution >= 4 is 69.1 Å². The summed E-state index contributed by atoms with van der Waals surface area (Å²) < 4.78 is 90.4. The Balaban J connectivity index is 0.606. The van der Waals surface area contributed by atoms with Gasteiger partial charge in [0, 0.05) is 90.0 Å². The molecule has 1 aromatic carbocycles. The van der Waals surface area contributed by atoms with Crippen molar-refractivity contribution in [3.63, 3.8) is 0 Å². The average molecular weight is 1760 g/mol. The Labute approximate surface area is 731 Å². The number of ether oxygens (including phenoxy) is 14. The number of carbonyl (C=O) groups is 6.